The average Bonchev–Trinajstić information content (AvgIpc) is 2.81. The molecule has 3 aromatic rings. The molecule has 0 atom stereocenters. The van der Waals surface area contributed by atoms with Crippen LogP contribution in [0.15, 0.2) is 30.5 Å². The number of ether oxygens (including phenoxy) is 1. The van der Waals surface area contributed by atoms with E-state index in [0.717, 1.165) is 0 Å². The maximum absolute atomic E-state index is 12.3. The van der Waals surface area contributed by atoms with Crippen LogP contribution in [0, 0.1) is 0 Å². The highest BCUT2D eigenvalue weighted by atomic mass is 35.5. The van der Waals surface area contributed by atoms with Crippen LogP contribution in [0.5, 0.6) is 5.75 Å². The summed E-state index contributed by atoms with van der Waals surface area (Å²) in [7, 11) is 0. The van der Waals surface area contributed by atoms with Crippen molar-refractivity contribution in [3.63, 3.8) is 0 Å². The summed E-state index contributed by atoms with van der Waals surface area (Å²) in [5.41, 5.74) is 0.580. The third-order valence-electron chi connectivity index (χ3n) is 2.65. The van der Waals surface area contributed by atoms with E-state index in [0.29, 0.717) is 11.1 Å². The number of hydrogen-bond acceptors (Lipinski definition) is 4. The van der Waals surface area contributed by atoms with E-state index in [1.165, 1.54) is 29.1 Å². The van der Waals surface area contributed by atoms with Gasteiger partial charge in [-0.05, 0) is 23.7 Å². The number of halogens is 5. The topological polar surface area (TPSA) is 52.8 Å². The first kappa shape index (κ1) is 14.9. The number of hydrogen-bond donors (Lipinski definition) is 0. The zero-order valence-electron chi connectivity index (χ0n) is 10.5. The second kappa shape index (κ2) is 5.29. The van der Waals surface area contributed by atoms with Gasteiger partial charge < -0.3 is 4.74 Å². The van der Waals surface area contributed by atoms with Gasteiger partial charge in [-0.3, -0.25) is 0 Å². The van der Waals surface area contributed by atoms with E-state index >= 15 is 0 Å². The van der Waals surface area contributed by atoms with E-state index in [2.05, 4.69) is 19.8 Å². The minimum absolute atomic E-state index is 0.0954. The Morgan fingerprint density at radius 2 is 1.91 bits per heavy atom. The second-order valence-corrected chi connectivity index (χ2v) is 4.82. The van der Waals surface area contributed by atoms with Crippen LogP contribution >= 0.6 is 23.2 Å². The van der Waals surface area contributed by atoms with Gasteiger partial charge in [0.25, 0.3) is 0 Å². The van der Waals surface area contributed by atoms with Gasteiger partial charge in [-0.2, -0.15) is 10.1 Å². The molecule has 0 aliphatic heterocycles. The van der Waals surface area contributed by atoms with Gasteiger partial charge in [0, 0.05) is 6.07 Å². The Morgan fingerprint density at radius 1 is 1.14 bits per heavy atom. The number of aromatic nitrogens is 4. The molecule has 0 saturated heterocycles. The molecule has 5 nitrogen and oxygen atoms in total. The lowest BCUT2D eigenvalue weighted by molar-refractivity contribution is -0.274. The minimum Gasteiger partial charge on any atom is -0.406 e. The van der Waals surface area contributed by atoms with Crippen LogP contribution in [0.4, 0.5) is 13.2 Å². The third kappa shape index (κ3) is 2.93. The Bertz CT molecular complexity index is 850. The molecular formula is C12H5Cl2F3N4O. The van der Waals surface area contributed by atoms with E-state index in [-0.39, 0.29) is 21.8 Å². The number of fused-ring (bicyclic) bond motifs is 1. The van der Waals surface area contributed by atoms with Crippen LogP contribution in [0.1, 0.15) is 0 Å². The molecule has 10 heteroatoms. The first-order valence-corrected chi connectivity index (χ1v) is 6.52. The Morgan fingerprint density at radius 3 is 2.64 bits per heavy atom. The molecule has 3 rings (SSSR count). The zero-order chi connectivity index (χ0) is 15.9. The summed E-state index contributed by atoms with van der Waals surface area (Å²) in [4.78, 5) is 7.75. The molecule has 0 aliphatic carbocycles. The van der Waals surface area contributed by atoms with Gasteiger partial charge in [-0.1, -0.05) is 17.7 Å². The molecule has 0 unspecified atom stereocenters. The van der Waals surface area contributed by atoms with Crippen LogP contribution in [0.25, 0.3) is 16.7 Å². The lowest BCUT2D eigenvalue weighted by atomic mass is 10.3. The summed E-state index contributed by atoms with van der Waals surface area (Å²) < 4.78 is 42.0. The van der Waals surface area contributed by atoms with Gasteiger partial charge in [0.05, 0.1) is 17.3 Å². The van der Waals surface area contributed by atoms with Crippen molar-refractivity contribution >= 4 is 34.2 Å². The summed E-state index contributed by atoms with van der Waals surface area (Å²) in [6.07, 6.45) is -3.38. The molecule has 0 aliphatic rings. The minimum atomic E-state index is -4.78. The van der Waals surface area contributed by atoms with Gasteiger partial charge in [-0.25, -0.2) is 9.67 Å². The maximum atomic E-state index is 12.3. The Hall–Kier alpha value is -2.06. The Balaban J connectivity index is 2.10. The van der Waals surface area contributed by atoms with Crippen LogP contribution < -0.4 is 4.74 Å². The molecule has 0 bridgehead atoms. The van der Waals surface area contributed by atoms with E-state index < -0.39 is 6.36 Å². The van der Waals surface area contributed by atoms with Crippen molar-refractivity contribution in [3.8, 4) is 11.4 Å². The molecule has 2 heterocycles. The van der Waals surface area contributed by atoms with Gasteiger partial charge in [0.1, 0.15) is 10.9 Å². The van der Waals surface area contributed by atoms with E-state index in [4.69, 9.17) is 23.2 Å². The van der Waals surface area contributed by atoms with Gasteiger partial charge in [0.2, 0.25) is 5.28 Å². The van der Waals surface area contributed by atoms with Crippen LogP contribution in [0.2, 0.25) is 10.4 Å². The summed E-state index contributed by atoms with van der Waals surface area (Å²) in [6.45, 7) is 0. The number of alkyl halides is 3. The third-order valence-corrected chi connectivity index (χ3v) is 3.11. The predicted octanol–water partition coefficient (Wildman–Crippen LogP) is 4.02. The van der Waals surface area contributed by atoms with Crippen LogP contribution in [-0.2, 0) is 0 Å². The fourth-order valence-electron chi connectivity index (χ4n) is 1.85. The fourth-order valence-corrected chi connectivity index (χ4v) is 2.27. The highest BCUT2D eigenvalue weighted by molar-refractivity contribution is 6.35. The smallest absolute Gasteiger partial charge is 0.406 e. The second-order valence-electron chi connectivity index (χ2n) is 4.12. The maximum Gasteiger partial charge on any atom is 0.573 e. The molecule has 0 saturated carbocycles. The summed E-state index contributed by atoms with van der Waals surface area (Å²) >= 11 is 11.7. The first-order chi connectivity index (χ1) is 10.3. The molecule has 0 radical (unpaired) electrons. The van der Waals surface area contributed by atoms with Crippen molar-refractivity contribution in [1.82, 2.24) is 19.7 Å². The first-order valence-electron chi connectivity index (χ1n) is 5.76. The highest BCUT2D eigenvalue weighted by Gasteiger charge is 2.31. The summed E-state index contributed by atoms with van der Waals surface area (Å²) in [5, 5.41) is 4.47. The van der Waals surface area contributed by atoms with Crippen LogP contribution in [0.3, 0.4) is 0 Å². The standard InChI is InChI=1S/C12H5Cl2F3N4O/c13-9-8-5-18-21(10(8)20-11(14)19-9)6-2-1-3-7(4-6)22-12(15,16)17/h1-5H. The lowest BCUT2D eigenvalue weighted by Gasteiger charge is -2.10. The number of rotatable bonds is 2. The van der Waals surface area contributed by atoms with E-state index in [1.807, 2.05) is 0 Å². The quantitative estimate of drug-likeness (QED) is 0.518. The molecule has 114 valence electrons. The molecular weight excluding hydrogens is 344 g/mol. The highest BCUT2D eigenvalue weighted by Crippen LogP contribution is 2.27. The molecule has 0 spiro atoms. The summed E-state index contributed by atoms with van der Waals surface area (Å²) in [6, 6.07) is 5.29. The van der Waals surface area contributed by atoms with Crippen molar-refractivity contribution in [1.29, 1.82) is 0 Å². The zero-order valence-corrected chi connectivity index (χ0v) is 12.0. The fraction of sp³-hybridized carbons (Fsp3) is 0.0833. The molecule has 22 heavy (non-hydrogen) atoms. The van der Waals surface area contributed by atoms with Gasteiger partial charge in [0.15, 0.2) is 5.65 Å². The van der Waals surface area contributed by atoms with Crippen molar-refractivity contribution in [2.75, 3.05) is 0 Å². The average molecular weight is 349 g/mol. The van der Waals surface area contributed by atoms with Crippen molar-refractivity contribution in [3.05, 3.63) is 40.9 Å². The van der Waals surface area contributed by atoms with Crippen molar-refractivity contribution < 1.29 is 17.9 Å². The lowest BCUT2D eigenvalue weighted by Crippen LogP contribution is -2.17. The molecule has 0 N–H and O–H groups in total. The van der Waals surface area contributed by atoms with E-state index in [1.54, 1.807) is 6.07 Å². The van der Waals surface area contributed by atoms with Crippen LogP contribution in [-0.4, -0.2) is 26.1 Å². The molecule has 0 amide bonds. The monoisotopic (exact) mass is 348 g/mol. The van der Waals surface area contributed by atoms with Crippen molar-refractivity contribution in [2.24, 2.45) is 0 Å². The molecule has 0 fully saturated rings. The SMILES string of the molecule is FC(F)(F)Oc1cccc(-n2ncc3c(Cl)nc(Cl)nc32)c1. The van der Waals surface area contributed by atoms with Gasteiger partial charge >= 0.3 is 6.36 Å². The Kier molecular flexibility index (Phi) is 3.57. The van der Waals surface area contributed by atoms with Crippen molar-refractivity contribution in [2.45, 2.75) is 6.36 Å². The molecule has 2 aromatic heterocycles. The molecule has 1 aromatic carbocycles. The Labute approximate surface area is 131 Å². The predicted molar refractivity (Wildman–Crippen MR) is 73.4 cm³/mol. The van der Waals surface area contributed by atoms with Gasteiger partial charge in [-0.15, -0.1) is 13.2 Å². The normalized spacial score (nSPS) is 11.9. The number of nitrogens with zero attached hydrogens (tertiary/aromatic N) is 4. The largest absolute Gasteiger partial charge is 0.573 e. The number of benzene rings is 1. The summed E-state index contributed by atoms with van der Waals surface area (Å²) in [5.74, 6) is -0.375. The van der Waals surface area contributed by atoms with E-state index in [9.17, 15) is 13.2 Å².